The summed E-state index contributed by atoms with van der Waals surface area (Å²) in [4.78, 5) is 22.1. The van der Waals surface area contributed by atoms with Gasteiger partial charge in [-0.15, -0.1) is 0 Å². The highest BCUT2D eigenvalue weighted by Gasteiger charge is 2.19. The zero-order chi connectivity index (χ0) is 13.7. The summed E-state index contributed by atoms with van der Waals surface area (Å²) in [5.41, 5.74) is 5.87. The van der Waals surface area contributed by atoms with E-state index in [9.17, 15) is 4.79 Å². The molecule has 0 aromatic carbocycles. The van der Waals surface area contributed by atoms with Gasteiger partial charge in [-0.05, 0) is 11.8 Å². The molecule has 0 saturated heterocycles. The molecule has 0 radical (unpaired) electrons. The van der Waals surface area contributed by atoms with Crippen molar-refractivity contribution in [3.8, 4) is 0 Å². The van der Waals surface area contributed by atoms with Crippen LogP contribution in [0.3, 0.4) is 0 Å². The van der Waals surface area contributed by atoms with E-state index in [1.807, 2.05) is 4.90 Å². The lowest BCUT2D eigenvalue weighted by atomic mass is 10.1. The number of hydrogen-bond donors (Lipinski definition) is 1. The zero-order valence-corrected chi connectivity index (χ0v) is 11.6. The molecule has 1 rings (SSSR count). The summed E-state index contributed by atoms with van der Waals surface area (Å²) >= 11 is 0. The summed E-state index contributed by atoms with van der Waals surface area (Å²) in [6, 6.07) is 0. The van der Waals surface area contributed by atoms with Gasteiger partial charge in [0.25, 0.3) is 5.91 Å². The Morgan fingerprint density at radius 1 is 1.22 bits per heavy atom. The Morgan fingerprint density at radius 2 is 1.78 bits per heavy atom. The van der Waals surface area contributed by atoms with Crippen molar-refractivity contribution in [3.05, 3.63) is 18.1 Å². The molecule has 1 heterocycles. The summed E-state index contributed by atoms with van der Waals surface area (Å²) in [5, 5.41) is 0. The molecule has 0 aliphatic heterocycles. The molecule has 1 aromatic heterocycles. The number of hydrogen-bond acceptors (Lipinski definition) is 4. The highest BCUT2D eigenvalue weighted by molar-refractivity contribution is 5.92. The van der Waals surface area contributed by atoms with Gasteiger partial charge in [-0.1, -0.05) is 27.7 Å². The van der Waals surface area contributed by atoms with Crippen LogP contribution in [-0.4, -0.2) is 33.9 Å². The van der Waals surface area contributed by atoms with Crippen molar-refractivity contribution in [2.45, 2.75) is 27.7 Å². The Balaban J connectivity index is 2.87. The molecular weight excluding hydrogens is 228 g/mol. The Labute approximate surface area is 108 Å². The molecule has 0 spiro atoms. The Hall–Kier alpha value is -1.65. The minimum Gasteiger partial charge on any atom is -0.382 e. The number of amides is 1. The van der Waals surface area contributed by atoms with Crippen LogP contribution >= 0.6 is 0 Å². The first-order chi connectivity index (χ1) is 8.40. The third-order valence-corrected chi connectivity index (χ3v) is 2.33. The molecule has 18 heavy (non-hydrogen) atoms. The number of nitrogens with two attached hydrogens (primary N) is 1. The lowest BCUT2D eigenvalue weighted by molar-refractivity contribution is 0.0709. The van der Waals surface area contributed by atoms with Crippen molar-refractivity contribution in [1.29, 1.82) is 0 Å². The second kappa shape index (κ2) is 6.33. The number of carbonyl (C=O) groups is 1. The monoisotopic (exact) mass is 250 g/mol. The van der Waals surface area contributed by atoms with E-state index < -0.39 is 0 Å². The zero-order valence-electron chi connectivity index (χ0n) is 11.6. The van der Waals surface area contributed by atoms with Crippen LogP contribution in [0.5, 0.6) is 0 Å². The maximum atomic E-state index is 12.3. The molecule has 0 unspecified atom stereocenters. The van der Waals surface area contributed by atoms with Crippen molar-refractivity contribution in [2.75, 3.05) is 18.8 Å². The number of rotatable bonds is 5. The smallest absolute Gasteiger partial charge is 0.274 e. The molecule has 5 nitrogen and oxygen atoms in total. The topological polar surface area (TPSA) is 72.1 Å². The molecule has 2 N–H and O–H groups in total. The van der Waals surface area contributed by atoms with E-state index >= 15 is 0 Å². The van der Waals surface area contributed by atoms with Crippen molar-refractivity contribution in [2.24, 2.45) is 11.8 Å². The predicted molar refractivity (Wildman–Crippen MR) is 72.0 cm³/mol. The molecule has 1 amide bonds. The van der Waals surface area contributed by atoms with Gasteiger partial charge in [0.1, 0.15) is 11.5 Å². The number of nitrogens with zero attached hydrogens (tertiary/aromatic N) is 3. The van der Waals surface area contributed by atoms with E-state index in [0.29, 0.717) is 30.6 Å². The van der Waals surface area contributed by atoms with Gasteiger partial charge in [0.2, 0.25) is 0 Å². The fourth-order valence-corrected chi connectivity index (χ4v) is 1.77. The summed E-state index contributed by atoms with van der Waals surface area (Å²) in [6.07, 6.45) is 2.90. The van der Waals surface area contributed by atoms with Crippen LogP contribution in [0.1, 0.15) is 38.2 Å². The lowest BCUT2D eigenvalue weighted by Crippen LogP contribution is -2.37. The van der Waals surface area contributed by atoms with Gasteiger partial charge in [0.15, 0.2) is 0 Å². The summed E-state index contributed by atoms with van der Waals surface area (Å²) in [7, 11) is 0. The second-order valence-corrected chi connectivity index (χ2v) is 5.33. The SMILES string of the molecule is CC(C)CN(CC(C)C)C(=O)c1cncc(N)n1. The Bertz CT molecular complexity index is 394. The van der Waals surface area contributed by atoms with Gasteiger partial charge >= 0.3 is 0 Å². The maximum Gasteiger partial charge on any atom is 0.274 e. The minimum absolute atomic E-state index is 0.0998. The molecule has 0 atom stereocenters. The van der Waals surface area contributed by atoms with Gasteiger partial charge in [-0.2, -0.15) is 0 Å². The third kappa shape index (κ3) is 4.31. The largest absolute Gasteiger partial charge is 0.382 e. The summed E-state index contributed by atoms with van der Waals surface area (Å²) in [5.74, 6) is 1.01. The Morgan fingerprint density at radius 3 is 2.22 bits per heavy atom. The van der Waals surface area contributed by atoms with Crippen molar-refractivity contribution < 1.29 is 4.79 Å². The van der Waals surface area contributed by atoms with E-state index in [2.05, 4.69) is 37.7 Å². The standard InChI is InChI=1S/C13H22N4O/c1-9(2)7-17(8-10(3)4)13(18)11-5-15-6-12(14)16-11/h5-6,9-10H,7-8H2,1-4H3,(H2,14,16). The van der Waals surface area contributed by atoms with E-state index in [1.54, 1.807) is 0 Å². The lowest BCUT2D eigenvalue weighted by Gasteiger charge is -2.26. The minimum atomic E-state index is -0.0998. The van der Waals surface area contributed by atoms with Gasteiger partial charge in [0.05, 0.1) is 12.4 Å². The molecule has 0 aliphatic carbocycles. The van der Waals surface area contributed by atoms with Crippen LogP contribution in [0, 0.1) is 11.8 Å². The van der Waals surface area contributed by atoms with Crippen LogP contribution in [0.4, 0.5) is 5.82 Å². The van der Waals surface area contributed by atoms with E-state index in [1.165, 1.54) is 12.4 Å². The Kier molecular flexibility index (Phi) is 5.07. The molecule has 0 saturated carbocycles. The summed E-state index contributed by atoms with van der Waals surface area (Å²) < 4.78 is 0. The summed E-state index contributed by atoms with van der Waals surface area (Å²) in [6.45, 7) is 9.79. The highest BCUT2D eigenvalue weighted by Crippen LogP contribution is 2.09. The third-order valence-electron chi connectivity index (χ3n) is 2.33. The van der Waals surface area contributed by atoms with Crippen molar-refractivity contribution in [1.82, 2.24) is 14.9 Å². The predicted octanol–water partition coefficient (Wildman–Crippen LogP) is 1.81. The maximum absolute atomic E-state index is 12.3. The average molecular weight is 250 g/mol. The number of carbonyl (C=O) groups excluding carboxylic acids is 1. The molecule has 0 aliphatic rings. The fraction of sp³-hybridized carbons (Fsp3) is 0.615. The first-order valence-corrected chi connectivity index (χ1v) is 6.27. The normalized spacial score (nSPS) is 11.0. The number of aromatic nitrogens is 2. The van der Waals surface area contributed by atoms with Crippen LogP contribution < -0.4 is 5.73 Å². The highest BCUT2D eigenvalue weighted by atomic mass is 16.2. The van der Waals surface area contributed by atoms with Crippen LogP contribution in [0.25, 0.3) is 0 Å². The molecule has 0 bridgehead atoms. The van der Waals surface area contributed by atoms with Gasteiger partial charge in [-0.25, -0.2) is 4.98 Å². The fourth-order valence-electron chi connectivity index (χ4n) is 1.77. The van der Waals surface area contributed by atoms with E-state index in [-0.39, 0.29) is 11.7 Å². The average Bonchev–Trinajstić information content (AvgIpc) is 2.26. The molecular formula is C13H22N4O. The quantitative estimate of drug-likeness (QED) is 0.865. The number of anilines is 1. The molecule has 0 fully saturated rings. The van der Waals surface area contributed by atoms with Crippen molar-refractivity contribution in [3.63, 3.8) is 0 Å². The van der Waals surface area contributed by atoms with Gasteiger partial charge in [0, 0.05) is 13.1 Å². The van der Waals surface area contributed by atoms with Crippen LogP contribution in [0.15, 0.2) is 12.4 Å². The van der Waals surface area contributed by atoms with Crippen molar-refractivity contribution >= 4 is 11.7 Å². The second-order valence-electron chi connectivity index (χ2n) is 5.33. The molecule has 100 valence electrons. The van der Waals surface area contributed by atoms with Crippen LogP contribution in [0.2, 0.25) is 0 Å². The molecule has 1 aromatic rings. The first kappa shape index (κ1) is 14.4. The van der Waals surface area contributed by atoms with Gasteiger partial charge < -0.3 is 10.6 Å². The van der Waals surface area contributed by atoms with Crippen LogP contribution in [-0.2, 0) is 0 Å². The number of nitrogen functional groups attached to an aromatic ring is 1. The van der Waals surface area contributed by atoms with Gasteiger partial charge in [-0.3, -0.25) is 9.78 Å². The van der Waals surface area contributed by atoms with E-state index in [0.717, 1.165) is 0 Å². The van der Waals surface area contributed by atoms with E-state index in [4.69, 9.17) is 5.73 Å². The molecule has 5 heteroatoms. The first-order valence-electron chi connectivity index (χ1n) is 6.27.